The SMILES string of the molecule is CCC(N)(CC)C(=O)NOC1CCCC1. The van der Waals surface area contributed by atoms with Gasteiger partial charge < -0.3 is 5.73 Å². The van der Waals surface area contributed by atoms with Gasteiger partial charge in [-0.25, -0.2) is 5.48 Å². The average Bonchev–Trinajstić information content (AvgIpc) is 2.77. The van der Waals surface area contributed by atoms with Crippen LogP contribution in [0.15, 0.2) is 0 Å². The molecule has 1 fully saturated rings. The molecule has 4 heteroatoms. The maximum atomic E-state index is 11.7. The molecular weight excluding hydrogens is 192 g/mol. The van der Waals surface area contributed by atoms with Crippen LogP contribution in [0, 0.1) is 0 Å². The predicted molar refractivity (Wildman–Crippen MR) is 59.0 cm³/mol. The number of nitrogens with one attached hydrogen (secondary N) is 1. The number of amides is 1. The fourth-order valence-corrected chi connectivity index (χ4v) is 1.82. The van der Waals surface area contributed by atoms with E-state index in [1.54, 1.807) is 0 Å². The number of carbonyl (C=O) groups is 1. The molecule has 0 aromatic rings. The van der Waals surface area contributed by atoms with Gasteiger partial charge in [0, 0.05) is 0 Å². The molecule has 0 heterocycles. The summed E-state index contributed by atoms with van der Waals surface area (Å²) in [5, 5.41) is 0. The van der Waals surface area contributed by atoms with Crippen LogP contribution in [0.4, 0.5) is 0 Å². The number of hydrogen-bond donors (Lipinski definition) is 2. The van der Waals surface area contributed by atoms with Gasteiger partial charge in [-0.1, -0.05) is 26.7 Å². The molecule has 0 unspecified atom stereocenters. The fraction of sp³-hybridized carbons (Fsp3) is 0.909. The molecule has 0 atom stereocenters. The highest BCUT2D eigenvalue weighted by atomic mass is 16.7. The Morgan fingerprint density at radius 3 is 2.40 bits per heavy atom. The van der Waals surface area contributed by atoms with Crippen LogP contribution in [0.5, 0.6) is 0 Å². The van der Waals surface area contributed by atoms with Gasteiger partial charge in [-0.05, 0) is 25.7 Å². The average molecular weight is 214 g/mol. The van der Waals surface area contributed by atoms with E-state index in [9.17, 15) is 4.79 Å². The Morgan fingerprint density at radius 2 is 1.93 bits per heavy atom. The topological polar surface area (TPSA) is 64.4 Å². The van der Waals surface area contributed by atoms with Crippen molar-refractivity contribution in [2.75, 3.05) is 0 Å². The Hall–Kier alpha value is -0.610. The van der Waals surface area contributed by atoms with Crippen LogP contribution < -0.4 is 11.2 Å². The highest BCUT2D eigenvalue weighted by Gasteiger charge is 2.30. The van der Waals surface area contributed by atoms with E-state index in [1.165, 1.54) is 12.8 Å². The van der Waals surface area contributed by atoms with Crippen molar-refractivity contribution in [2.45, 2.75) is 64.0 Å². The lowest BCUT2D eigenvalue weighted by Gasteiger charge is -2.25. The molecule has 1 saturated carbocycles. The van der Waals surface area contributed by atoms with Gasteiger partial charge in [0.25, 0.3) is 5.91 Å². The molecule has 1 aliphatic carbocycles. The molecule has 88 valence electrons. The number of rotatable bonds is 5. The largest absolute Gasteiger partial charge is 0.317 e. The first-order valence-electron chi connectivity index (χ1n) is 5.87. The van der Waals surface area contributed by atoms with Crippen molar-refractivity contribution in [3.05, 3.63) is 0 Å². The van der Waals surface area contributed by atoms with E-state index in [4.69, 9.17) is 10.6 Å². The minimum absolute atomic E-state index is 0.187. The quantitative estimate of drug-likeness (QED) is 0.681. The molecule has 15 heavy (non-hydrogen) atoms. The van der Waals surface area contributed by atoms with Crippen molar-refractivity contribution in [2.24, 2.45) is 5.73 Å². The molecule has 0 spiro atoms. The summed E-state index contributed by atoms with van der Waals surface area (Å²) in [5.41, 5.74) is 7.66. The van der Waals surface area contributed by atoms with Crippen LogP contribution in [-0.2, 0) is 9.63 Å². The summed E-state index contributed by atoms with van der Waals surface area (Å²) in [6.45, 7) is 3.83. The van der Waals surface area contributed by atoms with Crippen molar-refractivity contribution >= 4 is 5.91 Å². The summed E-state index contributed by atoms with van der Waals surface area (Å²) in [6, 6.07) is 0. The molecule has 1 aliphatic rings. The Bertz CT molecular complexity index is 209. The molecule has 1 amide bonds. The molecule has 3 N–H and O–H groups in total. The first-order chi connectivity index (χ1) is 7.12. The third-order valence-corrected chi connectivity index (χ3v) is 3.33. The lowest BCUT2D eigenvalue weighted by molar-refractivity contribution is -0.144. The first-order valence-corrected chi connectivity index (χ1v) is 5.87. The Morgan fingerprint density at radius 1 is 1.40 bits per heavy atom. The van der Waals surface area contributed by atoms with E-state index in [1.807, 2.05) is 13.8 Å². The summed E-state index contributed by atoms with van der Waals surface area (Å²) in [7, 11) is 0. The van der Waals surface area contributed by atoms with Gasteiger partial charge in [-0.15, -0.1) is 0 Å². The van der Waals surface area contributed by atoms with Gasteiger partial charge in [0.15, 0.2) is 0 Å². The standard InChI is InChI=1S/C11H22N2O2/c1-3-11(12,4-2)10(14)13-15-9-7-5-6-8-9/h9H,3-8,12H2,1-2H3,(H,13,14). The minimum atomic E-state index is -0.779. The lowest BCUT2D eigenvalue weighted by Crippen LogP contribution is -2.53. The molecule has 0 aliphatic heterocycles. The van der Waals surface area contributed by atoms with Crippen molar-refractivity contribution in [3.63, 3.8) is 0 Å². The molecule has 4 nitrogen and oxygen atoms in total. The second-order valence-electron chi connectivity index (χ2n) is 4.32. The van der Waals surface area contributed by atoms with E-state index in [0.29, 0.717) is 12.8 Å². The van der Waals surface area contributed by atoms with Gasteiger partial charge in [-0.2, -0.15) is 0 Å². The highest BCUT2D eigenvalue weighted by molar-refractivity contribution is 5.85. The Kier molecular flexibility index (Phi) is 4.54. The maximum absolute atomic E-state index is 11.7. The molecule has 0 saturated heterocycles. The van der Waals surface area contributed by atoms with Gasteiger partial charge >= 0.3 is 0 Å². The first kappa shape index (κ1) is 12.5. The highest BCUT2D eigenvalue weighted by Crippen LogP contribution is 2.20. The van der Waals surface area contributed by atoms with Crippen LogP contribution in [-0.4, -0.2) is 17.6 Å². The summed E-state index contributed by atoms with van der Waals surface area (Å²) in [5.74, 6) is -0.195. The van der Waals surface area contributed by atoms with Crippen LogP contribution in [0.25, 0.3) is 0 Å². The normalized spacial score (nSPS) is 18.1. The van der Waals surface area contributed by atoms with Gasteiger partial charge in [0.05, 0.1) is 11.6 Å². The number of carbonyl (C=O) groups excluding carboxylic acids is 1. The molecule has 0 radical (unpaired) electrons. The minimum Gasteiger partial charge on any atom is -0.317 e. The van der Waals surface area contributed by atoms with Gasteiger partial charge in [0.1, 0.15) is 0 Å². The van der Waals surface area contributed by atoms with E-state index >= 15 is 0 Å². The monoisotopic (exact) mass is 214 g/mol. The smallest absolute Gasteiger partial charge is 0.263 e. The van der Waals surface area contributed by atoms with Gasteiger partial charge in [-0.3, -0.25) is 9.63 Å². The number of hydroxylamine groups is 1. The zero-order valence-corrected chi connectivity index (χ0v) is 9.71. The number of nitrogens with two attached hydrogens (primary N) is 1. The summed E-state index contributed by atoms with van der Waals surface area (Å²) >= 11 is 0. The van der Waals surface area contributed by atoms with E-state index in [0.717, 1.165) is 12.8 Å². The molecule has 0 bridgehead atoms. The molecular formula is C11H22N2O2. The zero-order chi connectivity index (χ0) is 11.3. The van der Waals surface area contributed by atoms with Crippen LogP contribution in [0.3, 0.4) is 0 Å². The van der Waals surface area contributed by atoms with Crippen LogP contribution >= 0.6 is 0 Å². The second kappa shape index (κ2) is 5.47. The fourth-order valence-electron chi connectivity index (χ4n) is 1.82. The molecule has 0 aromatic carbocycles. The summed E-state index contributed by atoms with van der Waals surface area (Å²) in [6.07, 6.45) is 5.90. The van der Waals surface area contributed by atoms with E-state index in [2.05, 4.69) is 5.48 Å². The predicted octanol–water partition coefficient (Wildman–Crippen LogP) is 1.49. The van der Waals surface area contributed by atoms with E-state index in [-0.39, 0.29) is 12.0 Å². The molecule has 0 aromatic heterocycles. The van der Waals surface area contributed by atoms with Crippen LogP contribution in [0.2, 0.25) is 0 Å². The Labute approximate surface area is 91.5 Å². The molecule has 1 rings (SSSR count). The van der Waals surface area contributed by atoms with Crippen molar-refractivity contribution in [1.29, 1.82) is 0 Å². The lowest BCUT2D eigenvalue weighted by atomic mass is 9.94. The van der Waals surface area contributed by atoms with Crippen LogP contribution in [0.1, 0.15) is 52.4 Å². The summed E-state index contributed by atoms with van der Waals surface area (Å²) < 4.78 is 0. The van der Waals surface area contributed by atoms with Crippen molar-refractivity contribution < 1.29 is 9.63 Å². The van der Waals surface area contributed by atoms with Crippen molar-refractivity contribution in [1.82, 2.24) is 5.48 Å². The summed E-state index contributed by atoms with van der Waals surface area (Å²) in [4.78, 5) is 17.1. The third-order valence-electron chi connectivity index (χ3n) is 3.33. The maximum Gasteiger partial charge on any atom is 0.263 e. The Balaban J connectivity index is 2.33. The van der Waals surface area contributed by atoms with Gasteiger partial charge in [0.2, 0.25) is 0 Å². The third kappa shape index (κ3) is 3.18. The number of hydrogen-bond acceptors (Lipinski definition) is 3. The van der Waals surface area contributed by atoms with E-state index < -0.39 is 5.54 Å². The zero-order valence-electron chi connectivity index (χ0n) is 9.71. The van der Waals surface area contributed by atoms with Crippen molar-refractivity contribution in [3.8, 4) is 0 Å². The second-order valence-corrected chi connectivity index (χ2v) is 4.32.